The minimum absolute atomic E-state index is 0.418. The van der Waals surface area contributed by atoms with Gasteiger partial charge in [0, 0.05) is 13.1 Å². The van der Waals surface area contributed by atoms with E-state index in [4.69, 9.17) is 4.42 Å². The van der Waals surface area contributed by atoms with Gasteiger partial charge in [-0.15, -0.1) is 10.2 Å². The van der Waals surface area contributed by atoms with E-state index < -0.39 is 17.2 Å². The van der Waals surface area contributed by atoms with E-state index in [1.54, 1.807) is 13.2 Å². The van der Waals surface area contributed by atoms with Crippen LogP contribution in [0.15, 0.2) is 52.2 Å². The Morgan fingerprint density at radius 1 is 1.17 bits per heavy atom. The van der Waals surface area contributed by atoms with Gasteiger partial charge in [-0.25, -0.2) is 4.79 Å². The molecule has 0 aliphatic rings. The lowest BCUT2D eigenvalue weighted by molar-refractivity contribution is -0.119. The van der Waals surface area contributed by atoms with Crippen LogP contribution in [-0.2, 0) is 11.3 Å². The van der Waals surface area contributed by atoms with Crippen LogP contribution < -0.4 is 10.6 Å². The number of aryl methyl sites for hydroxylation is 1. The van der Waals surface area contributed by atoms with Crippen LogP contribution in [0, 0.1) is 6.92 Å². The van der Waals surface area contributed by atoms with Crippen molar-refractivity contribution in [2.45, 2.75) is 37.7 Å². The maximum absolute atomic E-state index is 12.9. The number of nitrogens with zero attached hydrogens (tertiary/aromatic N) is 3. The van der Waals surface area contributed by atoms with Crippen molar-refractivity contribution in [2.24, 2.45) is 0 Å². The number of urea groups is 1. The number of hydrogen-bond donors (Lipinski definition) is 2. The largest absolute Gasteiger partial charge is 0.469 e. The normalized spacial score (nSPS) is 11.8. The van der Waals surface area contributed by atoms with Crippen LogP contribution in [0.3, 0.4) is 0 Å². The molecular weight excluding hydrogens is 390 g/mol. The Hall–Kier alpha value is -3.07. The molecule has 0 saturated heterocycles. The molecule has 0 unspecified atom stereocenters. The Morgan fingerprint density at radius 3 is 2.55 bits per heavy atom. The van der Waals surface area contributed by atoms with Crippen LogP contribution in [0.2, 0.25) is 0 Å². The molecule has 0 radical (unpaired) electrons. The average Bonchev–Trinajstić information content (AvgIpc) is 3.31. The Morgan fingerprint density at radius 2 is 1.93 bits per heavy atom. The molecular formula is C20H23N5O3S. The van der Waals surface area contributed by atoms with Gasteiger partial charge in [-0.1, -0.05) is 42.1 Å². The Balaban J connectivity index is 1.92. The van der Waals surface area contributed by atoms with E-state index in [-0.39, 0.29) is 0 Å². The van der Waals surface area contributed by atoms with Crippen molar-refractivity contribution in [3.8, 4) is 11.4 Å². The van der Waals surface area contributed by atoms with E-state index in [0.29, 0.717) is 24.1 Å². The van der Waals surface area contributed by atoms with E-state index in [9.17, 15) is 9.59 Å². The predicted octanol–water partition coefficient (Wildman–Crippen LogP) is 3.55. The molecule has 0 fully saturated rings. The number of hydrogen-bond acceptors (Lipinski definition) is 6. The van der Waals surface area contributed by atoms with E-state index in [0.717, 1.165) is 16.9 Å². The molecule has 1 atom stereocenters. The average molecular weight is 414 g/mol. The van der Waals surface area contributed by atoms with Gasteiger partial charge in [0.05, 0.1) is 11.8 Å². The summed E-state index contributed by atoms with van der Waals surface area (Å²) >= 11 is 1.25. The highest BCUT2D eigenvalue weighted by molar-refractivity contribution is 8.00. The number of benzene rings is 1. The Bertz CT molecular complexity index is 983. The molecule has 29 heavy (non-hydrogen) atoms. The third kappa shape index (κ3) is 4.68. The number of nitrogens with one attached hydrogen (secondary N) is 2. The van der Waals surface area contributed by atoms with Crippen LogP contribution in [0.25, 0.3) is 11.4 Å². The number of aromatic nitrogens is 3. The molecule has 3 amide bonds. The van der Waals surface area contributed by atoms with Crippen molar-refractivity contribution in [1.82, 2.24) is 25.4 Å². The zero-order valence-corrected chi connectivity index (χ0v) is 17.3. The number of carbonyl (C=O) groups excluding carboxylic acids is 2. The summed E-state index contributed by atoms with van der Waals surface area (Å²) in [5.74, 6) is 1.01. The number of carbonyl (C=O) groups is 2. The summed E-state index contributed by atoms with van der Waals surface area (Å²) in [6.45, 7) is 6.69. The molecule has 9 heteroatoms. The van der Waals surface area contributed by atoms with Crippen molar-refractivity contribution in [3.05, 3.63) is 54.0 Å². The topological polar surface area (TPSA) is 102 Å². The Labute approximate surface area is 173 Å². The van der Waals surface area contributed by atoms with Crippen LogP contribution >= 0.6 is 11.8 Å². The molecule has 0 saturated carbocycles. The molecule has 0 aliphatic carbocycles. The number of imide groups is 1. The highest BCUT2D eigenvalue weighted by Crippen LogP contribution is 2.36. The summed E-state index contributed by atoms with van der Waals surface area (Å²) in [5.41, 5.74) is 1.63. The highest BCUT2D eigenvalue weighted by Gasteiger charge is 2.27. The summed E-state index contributed by atoms with van der Waals surface area (Å²) in [6, 6.07) is 10.6. The van der Waals surface area contributed by atoms with Crippen molar-refractivity contribution in [1.29, 1.82) is 0 Å². The second-order valence-electron chi connectivity index (χ2n) is 6.20. The standard InChI is InChI=1S/C20H23N5O3S/c1-4-21-19(27)22-18(26)16(14-9-7-6-8-10-14)29-20-24-23-17(25(20)5-2)15-11-12-28-13(15)3/h6-12,16H,4-5H2,1-3H3,(H2,21,22,26,27)/t16-/m0/s1. The minimum Gasteiger partial charge on any atom is -0.469 e. The molecule has 8 nitrogen and oxygen atoms in total. The third-order valence-electron chi connectivity index (χ3n) is 4.27. The molecule has 2 N–H and O–H groups in total. The first kappa shape index (κ1) is 20.7. The SMILES string of the molecule is CCNC(=O)NC(=O)[C@@H](Sc1nnc(-c2ccoc2C)n1CC)c1ccccc1. The molecule has 1 aromatic carbocycles. The molecule has 0 aliphatic heterocycles. The van der Waals surface area contributed by atoms with Crippen LogP contribution in [0.5, 0.6) is 0 Å². The fourth-order valence-corrected chi connectivity index (χ4v) is 3.97. The van der Waals surface area contributed by atoms with Gasteiger partial charge in [-0.05, 0) is 32.4 Å². The lowest BCUT2D eigenvalue weighted by atomic mass is 10.1. The molecule has 3 aromatic rings. The summed E-state index contributed by atoms with van der Waals surface area (Å²) in [6.07, 6.45) is 1.61. The fraction of sp³-hybridized carbons (Fsp3) is 0.300. The van der Waals surface area contributed by atoms with Crippen LogP contribution in [0.4, 0.5) is 4.79 Å². The summed E-state index contributed by atoms with van der Waals surface area (Å²) < 4.78 is 7.31. The maximum Gasteiger partial charge on any atom is 0.321 e. The maximum atomic E-state index is 12.9. The molecule has 152 valence electrons. The number of rotatable bonds is 7. The number of amides is 3. The van der Waals surface area contributed by atoms with Crippen molar-refractivity contribution < 1.29 is 14.0 Å². The predicted molar refractivity (Wildman–Crippen MR) is 110 cm³/mol. The van der Waals surface area contributed by atoms with Gasteiger partial charge < -0.3 is 14.3 Å². The number of thioether (sulfide) groups is 1. The first-order valence-corrected chi connectivity index (χ1v) is 10.2. The second kappa shape index (κ2) is 9.42. The monoisotopic (exact) mass is 413 g/mol. The van der Waals surface area contributed by atoms with E-state index in [1.165, 1.54) is 11.8 Å². The minimum atomic E-state index is -0.661. The van der Waals surface area contributed by atoms with E-state index >= 15 is 0 Å². The van der Waals surface area contributed by atoms with Crippen LogP contribution in [-0.4, -0.2) is 33.2 Å². The lowest BCUT2D eigenvalue weighted by Crippen LogP contribution is -2.41. The van der Waals surface area contributed by atoms with Gasteiger partial charge >= 0.3 is 6.03 Å². The van der Waals surface area contributed by atoms with E-state index in [2.05, 4.69) is 20.8 Å². The smallest absolute Gasteiger partial charge is 0.321 e. The van der Waals surface area contributed by atoms with Gasteiger partial charge in [-0.3, -0.25) is 10.1 Å². The van der Waals surface area contributed by atoms with Gasteiger partial charge in [-0.2, -0.15) is 0 Å². The molecule has 0 spiro atoms. The zero-order valence-electron chi connectivity index (χ0n) is 16.5. The second-order valence-corrected chi connectivity index (χ2v) is 7.27. The summed E-state index contributed by atoms with van der Waals surface area (Å²) in [4.78, 5) is 24.7. The Kier molecular flexibility index (Phi) is 6.71. The van der Waals surface area contributed by atoms with Crippen LogP contribution in [0.1, 0.15) is 30.4 Å². The highest BCUT2D eigenvalue weighted by atomic mass is 32.2. The molecule has 2 aromatic heterocycles. The van der Waals surface area contributed by atoms with Gasteiger partial charge in [0.2, 0.25) is 5.91 Å². The summed E-state index contributed by atoms with van der Waals surface area (Å²) in [5, 5.41) is 13.5. The molecule has 3 rings (SSSR count). The first-order valence-electron chi connectivity index (χ1n) is 9.33. The lowest BCUT2D eigenvalue weighted by Gasteiger charge is -2.16. The summed E-state index contributed by atoms with van der Waals surface area (Å²) in [7, 11) is 0. The van der Waals surface area contributed by atoms with Crippen molar-refractivity contribution >= 4 is 23.7 Å². The molecule has 2 heterocycles. The van der Waals surface area contributed by atoms with Gasteiger partial charge in [0.15, 0.2) is 11.0 Å². The molecule has 0 bridgehead atoms. The third-order valence-corrected chi connectivity index (χ3v) is 5.51. The van der Waals surface area contributed by atoms with Gasteiger partial charge in [0.25, 0.3) is 0 Å². The van der Waals surface area contributed by atoms with Crippen molar-refractivity contribution in [2.75, 3.05) is 6.54 Å². The van der Waals surface area contributed by atoms with Gasteiger partial charge in [0.1, 0.15) is 11.0 Å². The number of furan rings is 1. The fourth-order valence-electron chi connectivity index (χ4n) is 2.87. The van der Waals surface area contributed by atoms with E-state index in [1.807, 2.05) is 54.8 Å². The quantitative estimate of drug-likeness (QED) is 0.575. The first-order chi connectivity index (χ1) is 14.0. The van der Waals surface area contributed by atoms with Crippen molar-refractivity contribution in [3.63, 3.8) is 0 Å². The zero-order chi connectivity index (χ0) is 20.8.